The smallest absolute Gasteiger partial charge is 0.307 e. The van der Waals surface area contributed by atoms with Gasteiger partial charge in [-0.05, 0) is 0 Å². The standard InChI is InChI=1S/C14H22N2O2S2/c1-10(2)14-15-11(8-20-14)7-16-4-5-19-9-12(16)6-13(17)18-3/h8,10,12H,4-7,9H2,1-3H3/t12-/m0/s1. The lowest BCUT2D eigenvalue weighted by atomic mass is 10.2. The molecule has 0 amide bonds. The normalized spacial score (nSPS) is 20.3. The zero-order chi connectivity index (χ0) is 14.5. The van der Waals surface area contributed by atoms with E-state index in [9.17, 15) is 4.79 Å². The van der Waals surface area contributed by atoms with Gasteiger partial charge in [-0.25, -0.2) is 4.98 Å². The number of ether oxygens (including phenoxy) is 1. The van der Waals surface area contributed by atoms with Crippen LogP contribution in [0.2, 0.25) is 0 Å². The Morgan fingerprint density at radius 3 is 3.05 bits per heavy atom. The van der Waals surface area contributed by atoms with Crippen molar-refractivity contribution >= 4 is 29.1 Å². The first-order valence-corrected chi connectivity index (χ1v) is 8.96. The highest BCUT2D eigenvalue weighted by Gasteiger charge is 2.26. The molecule has 6 heteroatoms. The van der Waals surface area contributed by atoms with Crippen molar-refractivity contribution in [1.29, 1.82) is 0 Å². The van der Waals surface area contributed by atoms with Gasteiger partial charge in [-0.1, -0.05) is 13.8 Å². The number of carbonyl (C=O) groups excluding carboxylic acids is 1. The van der Waals surface area contributed by atoms with Crippen molar-refractivity contribution in [3.05, 3.63) is 16.1 Å². The fourth-order valence-electron chi connectivity index (χ4n) is 2.23. The van der Waals surface area contributed by atoms with Crippen molar-refractivity contribution in [1.82, 2.24) is 9.88 Å². The molecule has 1 aromatic rings. The number of rotatable bonds is 5. The van der Waals surface area contributed by atoms with Gasteiger partial charge in [-0.3, -0.25) is 9.69 Å². The average Bonchev–Trinajstić information content (AvgIpc) is 2.89. The Labute approximate surface area is 128 Å². The molecule has 1 fully saturated rings. The highest BCUT2D eigenvalue weighted by Crippen LogP contribution is 2.24. The summed E-state index contributed by atoms with van der Waals surface area (Å²) in [6.45, 7) is 6.19. The minimum Gasteiger partial charge on any atom is -0.469 e. The largest absolute Gasteiger partial charge is 0.469 e. The Balaban J connectivity index is 1.98. The Hall–Kier alpha value is -0.590. The van der Waals surface area contributed by atoms with E-state index >= 15 is 0 Å². The first kappa shape index (κ1) is 15.8. The molecule has 112 valence electrons. The van der Waals surface area contributed by atoms with Gasteiger partial charge in [0.15, 0.2) is 0 Å². The van der Waals surface area contributed by atoms with Crippen LogP contribution in [0.3, 0.4) is 0 Å². The molecule has 0 aliphatic carbocycles. The maximum Gasteiger partial charge on any atom is 0.307 e. The van der Waals surface area contributed by atoms with Crippen LogP contribution in [0, 0.1) is 0 Å². The molecule has 2 rings (SSSR count). The first-order chi connectivity index (χ1) is 9.60. The number of thiazole rings is 1. The van der Waals surface area contributed by atoms with Crippen LogP contribution in [0.5, 0.6) is 0 Å². The van der Waals surface area contributed by atoms with Gasteiger partial charge in [0.1, 0.15) is 0 Å². The molecule has 0 saturated carbocycles. The highest BCUT2D eigenvalue weighted by molar-refractivity contribution is 7.99. The molecular formula is C14H22N2O2S2. The van der Waals surface area contributed by atoms with Crippen LogP contribution < -0.4 is 0 Å². The molecule has 20 heavy (non-hydrogen) atoms. The maximum absolute atomic E-state index is 11.5. The van der Waals surface area contributed by atoms with Crippen molar-refractivity contribution in [2.24, 2.45) is 0 Å². The van der Waals surface area contributed by atoms with Crippen LogP contribution in [0.1, 0.15) is 36.9 Å². The summed E-state index contributed by atoms with van der Waals surface area (Å²) in [5.41, 5.74) is 1.13. The van der Waals surface area contributed by atoms with Crippen LogP contribution in [0.25, 0.3) is 0 Å². The quantitative estimate of drug-likeness (QED) is 0.782. The summed E-state index contributed by atoms with van der Waals surface area (Å²) in [5, 5.41) is 3.34. The van der Waals surface area contributed by atoms with E-state index in [2.05, 4.69) is 24.1 Å². The molecule has 1 aliphatic heterocycles. The molecule has 1 atom stereocenters. The van der Waals surface area contributed by atoms with Crippen LogP contribution in [0.4, 0.5) is 0 Å². The second-order valence-electron chi connectivity index (χ2n) is 5.31. The van der Waals surface area contributed by atoms with E-state index < -0.39 is 0 Å². The number of hydrogen-bond donors (Lipinski definition) is 0. The molecule has 2 heterocycles. The molecular weight excluding hydrogens is 292 g/mol. The number of methoxy groups -OCH3 is 1. The van der Waals surface area contributed by atoms with Crippen LogP contribution in [0.15, 0.2) is 5.38 Å². The van der Waals surface area contributed by atoms with Gasteiger partial charge in [0.25, 0.3) is 0 Å². The fourth-order valence-corrected chi connectivity index (χ4v) is 4.19. The van der Waals surface area contributed by atoms with Gasteiger partial charge in [0.05, 0.1) is 24.2 Å². The summed E-state index contributed by atoms with van der Waals surface area (Å²) < 4.78 is 4.80. The SMILES string of the molecule is COC(=O)C[C@H]1CSCCN1Cc1csc(C(C)C)n1. The topological polar surface area (TPSA) is 42.4 Å². The molecule has 4 nitrogen and oxygen atoms in total. The Bertz CT molecular complexity index is 448. The number of aromatic nitrogens is 1. The molecule has 1 aromatic heterocycles. The molecule has 0 bridgehead atoms. The van der Waals surface area contributed by atoms with Crippen molar-refractivity contribution in [3.63, 3.8) is 0 Å². The monoisotopic (exact) mass is 314 g/mol. The molecule has 1 saturated heterocycles. The van der Waals surface area contributed by atoms with Crippen LogP contribution in [-0.4, -0.2) is 47.1 Å². The van der Waals surface area contributed by atoms with Gasteiger partial charge in [-0.2, -0.15) is 11.8 Å². The Morgan fingerprint density at radius 2 is 2.40 bits per heavy atom. The van der Waals surface area contributed by atoms with Gasteiger partial charge >= 0.3 is 5.97 Å². The second kappa shape index (κ2) is 7.43. The van der Waals surface area contributed by atoms with Crippen LogP contribution in [-0.2, 0) is 16.1 Å². The van der Waals surface area contributed by atoms with Crippen molar-refractivity contribution in [2.75, 3.05) is 25.2 Å². The van der Waals surface area contributed by atoms with E-state index in [1.165, 1.54) is 12.1 Å². The Kier molecular flexibility index (Phi) is 5.86. The molecule has 0 radical (unpaired) electrons. The summed E-state index contributed by atoms with van der Waals surface area (Å²) in [5.74, 6) is 2.48. The predicted molar refractivity (Wildman–Crippen MR) is 84.4 cm³/mol. The van der Waals surface area contributed by atoms with Crippen LogP contribution >= 0.6 is 23.1 Å². The first-order valence-electron chi connectivity index (χ1n) is 6.93. The summed E-state index contributed by atoms with van der Waals surface area (Å²) in [6.07, 6.45) is 0.477. The summed E-state index contributed by atoms with van der Waals surface area (Å²) >= 11 is 3.64. The summed E-state index contributed by atoms with van der Waals surface area (Å²) in [7, 11) is 1.46. The lowest BCUT2D eigenvalue weighted by Crippen LogP contribution is -2.43. The van der Waals surface area contributed by atoms with Gasteiger partial charge in [0.2, 0.25) is 0 Å². The lowest BCUT2D eigenvalue weighted by Gasteiger charge is -2.34. The minimum absolute atomic E-state index is 0.122. The third kappa shape index (κ3) is 4.20. The minimum atomic E-state index is -0.122. The molecule has 1 aliphatic rings. The zero-order valence-corrected chi connectivity index (χ0v) is 13.9. The van der Waals surface area contributed by atoms with Gasteiger partial charge in [-0.15, -0.1) is 11.3 Å². The molecule has 0 spiro atoms. The number of nitrogens with zero attached hydrogens (tertiary/aromatic N) is 2. The number of hydrogen-bond acceptors (Lipinski definition) is 6. The van der Waals surface area contributed by atoms with Crippen molar-refractivity contribution in [2.45, 2.75) is 38.8 Å². The maximum atomic E-state index is 11.5. The van der Waals surface area contributed by atoms with E-state index in [-0.39, 0.29) is 12.0 Å². The van der Waals surface area contributed by atoms with Crippen molar-refractivity contribution in [3.8, 4) is 0 Å². The third-order valence-corrected chi connectivity index (χ3v) is 5.69. The second-order valence-corrected chi connectivity index (χ2v) is 7.35. The number of thioether (sulfide) groups is 1. The third-order valence-electron chi connectivity index (χ3n) is 3.41. The fraction of sp³-hybridized carbons (Fsp3) is 0.714. The molecule has 0 unspecified atom stereocenters. The average molecular weight is 314 g/mol. The van der Waals surface area contributed by atoms with E-state index in [1.54, 1.807) is 11.3 Å². The Morgan fingerprint density at radius 1 is 1.60 bits per heavy atom. The zero-order valence-electron chi connectivity index (χ0n) is 12.3. The van der Waals surface area contributed by atoms with E-state index in [4.69, 9.17) is 9.72 Å². The van der Waals surface area contributed by atoms with Gasteiger partial charge < -0.3 is 4.74 Å². The van der Waals surface area contributed by atoms with E-state index in [0.29, 0.717) is 12.3 Å². The van der Waals surface area contributed by atoms with E-state index in [1.807, 2.05) is 11.8 Å². The summed E-state index contributed by atoms with van der Waals surface area (Å²) in [6, 6.07) is 0.269. The molecule has 0 aromatic carbocycles. The predicted octanol–water partition coefficient (Wildman–Crippen LogP) is 2.75. The molecule has 0 N–H and O–H groups in total. The lowest BCUT2D eigenvalue weighted by molar-refractivity contribution is -0.141. The number of esters is 1. The number of carbonyl (C=O) groups is 1. The van der Waals surface area contributed by atoms with Crippen molar-refractivity contribution < 1.29 is 9.53 Å². The van der Waals surface area contributed by atoms with Gasteiger partial charge in [0, 0.05) is 41.9 Å². The highest BCUT2D eigenvalue weighted by atomic mass is 32.2. The summed E-state index contributed by atoms with van der Waals surface area (Å²) in [4.78, 5) is 18.6. The van der Waals surface area contributed by atoms with E-state index in [0.717, 1.165) is 30.3 Å².